The number of anilines is 1. The normalized spacial score (nSPS) is 17.4. The Morgan fingerprint density at radius 1 is 0.909 bits per heavy atom. The minimum absolute atomic E-state index is 0.0549. The van der Waals surface area contributed by atoms with Gasteiger partial charge in [0, 0.05) is 0 Å². The molecule has 2 aromatic rings. The molecule has 0 saturated carbocycles. The van der Waals surface area contributed by atoms with Gasteiger partial charge in [0.05, 0.1) is 36.2 Å². The van der Waals surface area contributed by atoms with E-state index >= 15 is 0 Å². The third-order valence-electron chi connectivity index (χ3n) is 5.36. The number of carbonyl (C=O) groups excluding carboxylic acids is 2. The number of ether oxygens (including phenoxy) is 2. The van der Waals surface area contributed by atoms with Crippen LogP contribution in [0.15, 0.2) is 76.0 Å². The van der Waals surface area contributed by atoms with E-state index in [0.717, 1.165) is 16.8 Å². The summed E-state index contributed by atoms with van der Waals surface area (Å²) in [5.74, 6) is -0.604. The van der Waals surface area contributed by atoms with Crippen molar-refractivity contribution in [3.63, 3.8) is 0 Å². The summed E-state index contributed by atoms with van der Waals surface area (Å²) < 4.78 is 10.7. The van der Waals surface area contributed by atoms with Crippen LogP contribution in [0.3, 0.4) is 0 Å². The molecule has 1 atom stereocenters. The number of allylic oxidation sites excluding steroid dienone is 1. The molecule has 2 aliphatic rings. The Kier molecular flexibility index (Phi) is 6.26. The van der Waals surface area contributed by atoms with E-state index in [1.54, 1.807) is 30.7 Å². The fourth-order valence-corrected chi connectivity index (χ4v) is 3.87. The molecule has 2 aliphatic heterocycles. The van der Waals surface area contributed by atoms with Crippen LogP contribution in [0.25, 0.3) is 0 Å². The molecule has 0 saturated heterocycles. The van der Waals surface area contributed by atoms with Crippen LogP contribution in [0.4, 0.5) is 5.69 Å². The fourth-order valence-electron chi connectivity index (χ4n) is 3.87. The van der Waals surface area contributed by atoms with E-state index in [-0.39, 0.29) is 19.0 Å². The molecule has 2 heterocycles. The first-order valence-corrected chi connectivity index (χ1v) is 10.9. The largest absolute Gasteiger partial charge is 0.463 e. The molecule has 0 fully saturated rings. The Bertz CT molecular complexity index is 1150. The second-order valence-corrected chi connectivity index (χ2v) is 7.61. The van der Waals surface area contributed by atoms with Crippen LogP contribution >= 0.6 is 0 Å². The van der Waals surface area contributed by atoms with Gasteiger partial charge in [-0.25, -0.2) is 14.6 Å². The summed E-state index contributed by atoms with van der Waals surface area (Å²) in [6.45, 7) is 7.67. The highest BCUT2D eigenvalue weighted by Crippen LogP contribution is 2.40. The van der Waals surface area contributed by atoms with E-state index in [4.69, 9.17) is 14.5 Å². The molecule has 8 nitrogen and oxygen atoms in total. The Hall–Kier alpha value is -3.94. The topological polar surface area (TPSA) is 83.8 Å². The van der Waals surface area contributed by atoms with Gasteiger partial charge in [-0.2, -0.15) is 5.01 Å². The molecule has 0 spiro atoms. The van der Waals surface area contributed by atoms with E-state index < -0.39 is 18.0 Å². The smallest absolute Gasteiger partial charge is 0.376 e. The van der Waals surface area contributed by atoms with Crippen molar-refractivity contribution in [2.75, 3.05) is 18.2 Å². The zero-order valence-electron chi connectivity index (χ0n) is 19.1. The van der Waals surface area contributed by atoms with E-state index in [0.29, 0.717) is 17.2 Å². The highest BCUT2D eigenvalue weighted by atomic mass is 16.5. The molecule has 0 aliphatic carbocycles. The number of hydrogen-bond donors (Lipinski definition) is 0. The van der Waals surface area contributed by atoms with Crippen LogP contribution in [0.1, 0.15) is 37.9 Å². The first kappa shape index (κ1) is 22.3. The van der Waals surface area contributed by atoms with Gasteiger partial charge >= 0.3 is 11.9 Å². The van der Waals surface area contributed by atoms with Gasteiger partial charge in [0.25, 0.3) is 0 Å². The van der Waals surface area contributed by atoms with Crippen molar-refractivity contribution in [2.24, 2.45) is 10.1 Å². The fraction of sp³-hybridized carbons (Fsp3) is 0.280. The highest BCUT2D eigenvalue weighted by molar-refractivity contribution is 6.41. The molecule has 33 heavy (non-hydrogen) atoms. The third-order valence-corrected chi connectivity index (χ3v) is 5.36. The zero-order valence-corrected chi connectivity index (χ0v) is 19.1. The molecule has 0 amide bonds. The molecule has 0 N–H and O–H groups in total. The van der Waals surface area contributed by atoms with Crippen molar-refractivity contribution >= 4 is 29.4 Å². The van der Waals surface area contributed by atoms with Gasteiger partial charge in [-0.15, -0.1) is 5.10 Å². The molecule has 0 unspecified atom stereocenters. The monoisotopic (exact) mass is 446 g/mol. The number of rotatable bonds is 6. The number of esters is 2. The molecule has 0 aromatic heterocycles. The Balaban J connectivity index is 1.92. The van der Waals surface area contributed by atoms with Gasteiger partial charge in [-0.05, 0) is 45.4 Å². The first-order chi connectivity index (χ1) is 16.0. The number of aryl methyl sites for hydroxylation is 1. The summed E-state index contributed by atoms with van der Waals surface area (Å²) in [4.78, 5) is 32.4. The van der Waals surface area contributed by atoms with E-state index in [1.807, 2.05) is 61.5 Å². The van der Waals surface area contributed by atoms with Gasteiger partial charge in [0.15, 0.2) is 0 Å². The van der Waals surface area contributed by atoms with Crippen LogP contribution in [0, 0.1) is 6.92 Å². The Labute approximate surface area is 192 Å². The number of carbonyl (C=O) groups is 2. The van der Waals surface area contributed by atoms with Crippen molar-refractivity contribution in [1.82, 2.24) is 4.90 Å². The number of benzene rings is 2. The average Bonchev–Trinajstić information content (AvgIpc) is 3.18. The highest BCUT2D eigenvalue weighted by Gasteiger charge is 2.47. The number of amidine groups is 1. The lowest BCUT2D eigenvalue weighted by molar-refractivity contribution is -0.139. The van der Waals surface area contributed by atoms with Crippen molar-refractivity contribution < 1.29 is 19.1 Å². The van der Waals surface area contributed by atoms with Gasteiger partial charge in [-0.3, -0.25) is 4.90 Å². The second-order valence-electron chi connectivity index (χ2n) is 7.61. The first-order valence-electron chi connectivity index (χ1n) is 10.9. The summed E-state index contributed by atoms with van der Waals surface area (Å²) in [7, 11) is 0. The molecule has 0 bridgehead atoms. The molecule has 0 radical (unpaired) electrons. The van der Waals surface area contributed by atoms with Crippen molar-refractivity contribution in [1.29, 1.82) is 0 Å². The molecule has 170 valence electrons. The molecular weight excluding hydrogens is 420 g/mol. The standard InChI is InChI=1S/C25H26N4O4/c1-5-32-23(30)20-17(4)26-25-28(21(20)18-10-8-7-9-11-18)22(24(31)33-6-2)27-29(25)19-14-12-16(3)13-15-19/h7-15,21H,5-6H2,1-4H3/t21-/m0/s1. The van der Waals surface area contributed by atoms with Crippen molar-refractivity contribution in [3.8, 4) is 0 Å². The van der Waals surface area contributed by atoms with Crippen LogP contribution in [0.2, 0.25) is 0 Å². The zero-order chi connectivity index (χ0) is 23.5. The van der Waals surface area contributed by atoms with Gasteiger partial charge < -0.3 is 9.47 Å². The molecule has 8 heteroatoms. The quantitative estimate of drug-likeness (QED) is 0.625. The summed E-state index contributed by atoms with van der Waals surface area (Å²) in [6.07, 6.45) is 0. The number of nitrogens with zero attached hydrogens (tertiary/aromatic N) is 4. The third kappa shape index (κ3) is 4.11. The second kappa shape index (κ2) is 9.28. The van der Waals surface area contributed by atoms with E-state index in [1.165, 1.54) is 0 Å². The van der Waals surface area contributed by atoms with Crippen LogP contribution in [-0.2, 0) is 19.1 Å². The Morgan fingerprint density at radius 3 is 2.18 bits per heavy atom. The summed E-state index contributed by atoms with van der Waals surface area (Å²) in [6, 6.07) is 16.5. The van der Waals surface area contributed by atoms with Crippen molar-refractivity contribution in [3.05, 3.63) is 77.0 Å². The van der Waals surface area contributed by atoms with Gasteiger partial charge in [-0.1, -0.05) is 48.0 Å². The number of hydrazone groups is 1. The minimum atomic E-state index is -0.656. The number of fused-ring (bicyclic) bond motifs is 1. The lowest BCUT2D eigenvalue weighted by atomic mass is 9.94. The van der Waals surface area contributed by atoms with Gasteiger partial charge in [0.1, 0.15) is 0 Å². The van der Waals surface area contributed by atoms with Crippen LogP contribution < -0.4 is 5.01 Å². The minimum Gasteiger partial charge on any atom is -0.463 e. The van der Waals surface area contributed by atoms with Crippen molar-refractivity contribution in [2.45, 2.75) is 33.7 Å². The lowest BCUT2D eigenvalue weighted by Crippen LogP contribution is -2.47. The van der Waals surface area contributed by atoms with Gasteiger partial charge in [0.2, 0.25) is 11.8 Å². The maximum atomic E-state index is 13.0. The summed E-state index contributed by atoms with van der Waals surface area (Å²) in [5, 5.41) is 6.20. The molecule has 2 aromatic carbocycles. The molecule has 4 rings (SSSR count). The lowest BCUT2D eigenvalue weighted by Gasteiger charge is -2.35. The summed E-state index contributed by atoms with van der Waals surface area (Å²) >= 11 is 0. The van der Waals surface area contributed by atoms with E-state index in [9.17, 15) is 9.59 Å². The SMILES string of the molecule is CCOC(=O)C1=NN(c2ccc(C)cc2)C2=NC(C)=C(C(=O)OCC)[C@H](c3ccccc3)N12. The number of hydrogen-bond acceptors (Lipinski definition) is 8. The predicted molar refractivity (Wildman–Crippen MR) is 126 cm³/mol. The van der Waals surface area contributed by atoms with Crippen LogP contribution in [0.5, 0.6) is 0 Å². The maximum absolute atomic E-state index is 13.0. The number of guanidine groups is 1. The average molecular weight is 447 g/mol. The number of aliphatic imine (C=N–C) groups is 1. The Morgan fingerprint density at radius 2 is 1.55 bits per heavy atom. The summed E-state index contributed by atoms with van der Waals surface area (Å²) in [5.41, 5.74) is 3.50. The predicted octanol–water partition coefficient (Wildman–Crippen LogP) is 3.94. The molecular formula is C25H26N4O4. The maximum Gasteiger partial charge on any atom is 0.376 e. The van der Waals surface area contributed by atoms with Crippen LogP contribution in [-0.4, -0.2) is 41.8 Å². The van der Waals surface area contributed by atoms with E-state index in [2.05, 4.69) is 5.10 Å².